The standard InChI is InChI=1S/C17H20FN3O3/c1-20-10-7-15(19-20)16(22)21-9-2-8-17(23,11-21)12-24-14-5-3-13(18)4-6-14/h3-7,10,23H,2,8-9,11-12H2,1H3. The first kappa shape index (κ1) is 16.4. The number of hydrogen-bond acceptors (Lipinski definition) is 4. The molecule has 7 heteroatoms. The summed E-state index contributed by atoms with van der Waals surface area (Å²) in [5.41, 5.74) is -0.766. The van der Waals surface area contributed by atoms with E-state index in [0.29, 0.717) is 30.8 Å². The summed E-state index contributed by atoms with van der Waals surface area (Å²) in [7, 11) is 1.75. The van der Waals surface area contributed by atoms with Gasteiger partial charge in [0.15, 0.2) is 0 Å². The number of nitrogens with zero attached hydrogens (tertiary/aromatic N) is 3. The maximum Gasteiger partial charge on any atom is 0.274 e. The minimum Gasteiger partial charge on any atom is -0.491 e. The van der Waals surface area contributed by atoms with Gasteiger partial charge >= 0.3 is 0 Å². The molecular weight excluding hydrogens is 313 g/mol. The van der Waals surface area contributed by atoms with E-state index in [4.69, 9.17) is 4.74 Å². The van der Waals surface area contributed by atoms with Gasteiger partial charge in [0.25, 0.3) is 5.91 Å². The number of aryl methyl sites for hydroxylation is 1. The lowest BCUT2D eigenvalue weighted by molar-refractivity contribution is -0.0533. The Hall–Kier alpha value is -2.41. The van der Waals surface area contributed by atoms with Crippen LogP contribution in [-0.2, 0) is 7.05 Å². The molecule has 1 saturated heterocycles. The van der Waals surface area contributed by atoms with Gasteiger partial charge in [-0.2, -0.15) is 5.10 Å². The van der Waals surface area contributed by atoms with E-state index in [1.807, 2.05) is 0 Å². The molecule has 3 rings (SSSR count). The third kappa shape index (κ3) is 3.73. The van der Waals surface area contributed by atoms with E-state index >= 15 is 0 Å². The molecule has 2 heterocycles. The van der Waals surface area contributed by atoms with Crippen molar-refractivity contribution in [3.63, 3.8) is 0 Å². The molecule has 1 aliphatic heterocycles. The largest absolute Gasteiger partial charge is 0.491 e. The molecule has 1 fully saturated rings. The van der Waals surface area contributed by atoms with Gasteiger partial charge in [0.05, 0.1) is 6.54 Å². The molecule has 1 amide bonds. The number of rotatable bonds is 4. The Balaban J connectivity index is 1.63. The molecule has 0 saturated carbocycles. The maximum absolute atomic E-state index is 12.9. The first-order chi connectivity index (χ1) is 11.5. The van der Waals surface area contributed by atoms with Gasteiger partial charge in [-0.3, -0.25) is 9.48 Å². The lowest BCUT2D eigenvalue weighted by Crippen LogP contribution is -2.53. The predicted octanol–water partition coefficient (Wildman–Crippen LogP) is 1.61. The zero-order valence-electron chi connectivity index (χ0n) is 13.5. The minimum absolute atomic E-state index is 0.0463. The van der Waals surface area contributed by atoms with Crippen LogP contribution < -0.4 is 4.74 Å². The monoisotopic (exact) mass is 333 g/mol. The SMILES string of the molecule is Cn1ccc(C(=O)N2CCCC(O)(COc3ccc(F)cc3)C2)n1. The van der Waals surface area contributed by atoms with Gasteiger partial charge in [-0.15, -0.1) is 0 Å². The maximum atomic E-state index is 12.9. The summed E-state index contributed by atoms with van der Waals surface area (Å²) in [6, 6.07) is 7.29. The molecule has 0 spiro atoms. The Labute approximate surface area is 139 Å². The summed E-state index contributed by atoms with van der Waals surface area (Å²) >= 11 is 0. The quantitative estimate of drug-likeness (QED) is 0.923. The third-order valence-corrected chi connectivity index (χ3v) is 4.10. The number of amides is 1. The van der Waals surface area contributed by atoms with Gasteiger partial charge in [0, 0.05) is 19.8 Å². The summed E-state index contributed by atoms with van der Waals surface area (Å²) < 4.78 is 20.0. The van der Waals surface area contributed by atoms with E-state index in [1.54, 1.807) is 28.9 Å². The molecule has 6 nitrogen and oxygen atoms in total. The number of likely N-dealkylation sites (tertiary alicyclic amines) is 1. The molecule has 1 N–H and O–H groups in total. The highest BCUT2D eigenvalue weighted by molar-refractivity contribution is 5.92. The van der Waals surface area contributed by atoms with Crippen molar-refractivity contribution < 1.29 is 19.0 Å². The summed E-state index contributed by atoms with van der Waals surface area (Å²) in [5, 5.41) is 14.9. The highest BCUT2D eigenvalue weighted by Crippen LogP contribution is 2.24. The first-order valence-electron chi connectivity index (χ1n) is 7.85. The lowest BCUT2D eigenvalue weighted by Gasteiger charge is -2.38. The summed E-state index contributed by atoms with van der Waals surface area (Å²) in [6.07, 6.45) is 2.93. The van der Waals surface area contributed by atoms with E-state index in [0.717, 1.165) is 0 Å². The Morgan fingerprint density at radius 2 is 2.12 bits per heavy atom. The van der Waals surface area contributed by atoms with Gasteiger partial charge in [0.1, 0.15) is 29.5 Å². The number of aromatic nitrogens is 2. The van der Waals surface area contributed by atoms with Crippen molar-refractivity contribution in [1.82, 2.24) is 14.7 Å². The van der Waals surface area contributed by atoms with Crippen LogP contribution in [0.15, 0.2) is 36.5 Å². The smallest absolute Gasteiger partial charge is 0.274 e. The summed E-state index contributed by atoms with van der Waals surface area (Å²) in [6.45, 7) is 0.808. The first-order valence-corrected chi connectivity index (χ1v) is 7.85. The number of piperidine rings is 1. The Bertz CT molecular complexity index is 716. The van der Waals surface area contributed by atoms with E-state index in [9.17, 15) is 14.3 Å². The molecule has 128 valence electrons. The van der Waals surface area contributed by atoms with Crippen LogP contribution in [-0.4, -0.2) is 51.0 Å². The van der Waals surface area contributed by atoms with Crippen molar-refractivity contribution in [3.05, 3.63) is 48.0 Å². The molecule has 1 atom stereocenters. The van der Waals surface area contributed by atoms with Crippen LogP contribution >= 0.6 is 0 Å². The fourth-order valence-corrected chi connectivity index (χ4v) is 2.84. The van der Waals surface area contributed by atoms with Crippen LogP contribution in [0.3, 0.4) is 0 Å². The Morgan fingerprint density at radius 3 is 2.79 bits per heavy atom. The Morgan fingerprint density at radius 1 is 1.38 bits per heavy atom. The van der Waals surface area contributed by atoms with E-state index in [1.165, 1.54) is 24.3 Å². The molecule has 0 bridgehead atoms. The number of ether oxygens (including phenoxy) is 1. The molecule has 1 aliphatic rings. The van der Waals surface area contributed by atoms with E-state index in [2.05, 4.69) is 5.10 Å². The molecular formula is C17H20FN3O3. The molecule has 1 unspecified atom stereocenters. The molecule has 0 aliphatic carbocycles. The van der Waals surface area contributed by atoms with Crippen LogP contribution in [0.2, 0.25) is 0 Å². The molecule has 24 heavy (non-hydrogen) atoms. The second-order valence-corrected chi connectivity index (χ2v) is 6.17. The number of aliphatic hydroxyl groups is 1. The van der Waals surface area contributed by atoms with Gasteiger partial charge in [0.2, 0.25) is 0 Å². The number of carbonyl (C=O) groups is 1. The van der Waals surface area contributed by atoms with Crippen molar-refractivity contribution >= 4 is 5.91 Å². The fourth-order valence-electron chi connectivity index (χ4n) is 2.84. The van der Waals surface area contributed by atoms with Gasteiger partial charge in [-0.25, -0.2) is 4.39 Å². The van der Waals surface area contributed by atoms with Crippen molar-refractivity contribution in [2.45, 2.75) is 18.4 Å². The van der Waals surface area contributed by atoms with Gasteiger partial charge in [-0.05, 0) is 43.2 Å². The number of benzene rings is 1. The number of β-amino-alcohol motifs (C(OH)–C–C–N with tert-alkyl or cyclic N) is 1. The van der Waals surface area contributed by atoms with Crippen molar-refractivity contribution in [3.8, 4) is 5.75 Å². The second kappa shape index (κ2) is 6.60. The highest BCUT2D eigenvalue weighted by Gasteiger charge is 2.36. The van der Waals surface area contributed by atoms with Crippen LogP contribution in [0.5, 0.6) is 5.75 Å². The van der Waals surface area contributed by atoms with Crippen molar-refractivity contribution in [2.75, 3.05) is 19.7 Å². The van der Waals surface area contributed by atoms with Gasteiger partial charge in [-0.1, -0.05) is 0 Å². The van der Waals surface area contributed by atoms with E-state index in [-0.39, 0.29) is 24.9 Å². The van der Waals surface area contributed by atoms with Crippen LogP contribution in [0.4, 0.5) is 4.39 Å². The number of carbonyl (C=O) groups excluding carboxylic acids is 1. The van der Waals surface area contributed by atoms with Crippen LogP contribution in [0.1, 0.15) is 23.3 Å². The molecule has 2 aromatic rings. The summed E-state index contributed by atoms with van der Waals surface area (Å²) in [4.78, 5) is 14.1. The van der Waals surface area contributed by atoms with Crippen molar-refractivity contribution in [2.24, 2.45) is 7.05 Å². The topological polar surface area (TPSA) is 67.6 Å². The number of halogens is 1. The van der Waals surface area contributed by atoms with Crippen LogP contribution in [0.25, 0.3) is 0 Å². The molecule has 0 radical (unpaired) electrons. The zero-order valence-corrected chi connectivity index (χ0v) is 13.5. The van der Waals surface area contributed by atoms with E-state index < -0.39 is 5.60 Å². The molecule has 1 aromatic carbocycles. The fraction of sp³-hybridized carbons (Fsp3) is 0.412. The predicted molar refractivity (Wildman–Crippen MR) is 85.2 cm³/mol. The lowest BCUT2D eigenvalue weighted by atomic mass is 9.93. The Kier molecular flexibility index (Phi) is 4.53. The minimum atomic E-state index is -1.13. The van der Waals surface area contributed by atoms with Gasteiger partial charge < -0.3 is 14.7 Å². The zero-order chi connectivity index (χ0) is 17.2. The van der Waals surface area contributed by atoms with Crippen molar-refractivity contribution in [1.29, 1.82) is 0 Å². The second-order valence-electron chi connectivity index (χ2n) is 6.17. The average molecular weight is 333 g/mol. The third-order valence-electron chi connectivity index (χ3n) is 4.10. The average Bonchev–Trinajstić information content (AvgIpc) is 3.00. The normalized spacial score (nSPS) is 20.9. The van der Waals surface area contributed by atoms with Crippen LogP contribution in [0, 0.1) is 5.82 Å². The molecule has 1 aromatic heterocycles. The summed E-state index contributed by atoms with van der Waals surface area (Å²) in [5.74, 6) is -0.0561. The highest BCUT2D eigenvalue weighted by atomic mass is 19.1. The number of hydrogen-bond donors (Lipinski definition) is 1.